The van der Waals surface area contributed by atoms with Gasteiger partial charge in [-0.05, 0) is 68.1 Å². The van der Waals surface area contributed by atoms with Crippen molar-refractivity contribution in [3.8, 4) is 5.75 Å². The molecule has 1 atom stereocenters. The molecular weight excluding hydrogens is 411 g/mol. The molecule has 7 heteroatoms. The van der Waals surface area contributed by atoms with Crippen LogP contribution in [0.4, 0.5) is 5.69 Å². The van der Waals surface area contributed by atoms with Crippen LogP contribution in [0.25, 0.3) is 0 Å². The zero-order valence-corrected chi connectivity index (χ0v) is 18.0. The number of carbonyl (C=O) groups is 2. The topological polar surface area (TPSA) is 58.6 Å². The lowest BCUT2D eigenvalue weighted by molar-refractivity contribution is -0.122. The van der Waals surface area contributed by atoms with Gasteiger partial charge in [-0.15, -0.1) is 0 Å². The molecule has 0 spiro atoms. The average Bonchev–Trinajstić information content (AvgIpc) is 2.70. The van der Waals surface area contributed by atoms with Crippen LogP contribution in [0.2, 0.25) is 10.0 Å². The van der Waals surface area contributed by atoms with Crippen molar-refractivity contribution in [1.82, 2.24) is 4.90 Å². The van der Waals surface area contributed by atoms with Gasteiger partial charge in [-0.1, -0.05) is 30.1 Å². The lowest BCUT2D eigenvalue weighted by atomic mass is 9.98. The molecule has 2 aromatic carbocycles. The van der Waals surface area contributed by atoms with Gasteiger partial charge in [0.15, 0.2) is 6.10 Å². The fourth-order valence-electron chi connectivity index (χ4n) is 3.15. The largest absolute Gasteiger partial charge is 0.479 e. The van der Waals surface area contributed by atoms with Crippen LogP contribution in [-0.2, 0) is 4.79 Å². The molecule has 0 saturated carbocycles. The quantitative estimate of drug-likeness (QED) is 0.696. The smallest absolute Gasteiger partial charge is 0.265 e. The Hall–Kier alpha value is -2.24. The van der Waals surface area contributed by atoms with Crippen LogP contribution in [0.15, 0.2) is 42.5 Å². The van der Waals surface area contributed by atoms with Crippen LogP contribution in [0.1, 0.15) is 37.0 Å². The van der Waals surface area contributed by atoms with Crippen molar-refractivity contribution < 1.29 is 14.3 Å². The van der Waals surface area contributed by atoms with Gasteiger partial charge in [0.25, 0.3) is 11.8 Å². The summed E-state index contributed by atoms with van der Waals surface area (Å²) >= 11 is 11.9. The summed E-state index contributed by atoms with van der Waals surface area (Å²) in [6, 6.07) is 11.7. The van der Waals surface area contributed by atoms with Crippen molar-refractivity contribution in [1.29, 1.82) is 0 Å². The van der Waals surface area contributed by atoms with E-state index in [1.165, 1.54) is 0 Å². The number of hydrogen-bond donors (Lipinski definition) is 1. The van der Waals surface area contributed by atoms with Crippen molar-refractivity contribution in [3.05, 3.63) is 58.1 Å². The molecule has 0 radical (unpaired) electrons. The molecule has 154 valence electrons. The van der Waals surface area contributed by atoms with E-state index in [0.717, 1.165) is 25.9 Å². The van der Waals surface area contributed by atoms with Crippen LogP contribution in [0, 0.1) is 5.92 Å². The Morgan fingerprint density at radius 2 is 1.76 bits per heavy atom. The van der Waals surface area contributed by atoms with E-state index >= 15 is 0 Å². The third kappa shape index (κ3) is 5.64. The summed E-state index contributed by atoms with van der Waals surface area (Å²) in [5, 5.41) is 3.62. The molecule has 2 amide bonds. The molecule has 5 nitrogen and oxygen atoms in total. The van der Waals surface area contributed by atoms with Crippen molar-refractivity contribution >= 4 is 40.7 Å². The Bertz CT molecular complexity index is 878. The summed E-state index contributed by atoms with van der Waals surface area (Å²) in [6.07, 6.45) is 1.32. The second-order valence-electron chi connectivity index (χ2n) is 7.38. The van der Waals surface area contributed by atoms with Gasteiger partial charge in [-0.25, -0.2) is 0 Å². The molecule has 1 heterocycles. The van der Waals surface area contributed by atoms with Crippen LogP contribution in [0.3, 0.4) is 0 Å². The minimum atomic E-state index is -0.759. The van der Waals surface area contributed by atoms with Crippen molar-refractivity contribution in [2.75, 3.05) is 18.4 Å². The first kappa shape index (κ1) is 21.5. The third-order valence-corrected chi connectivity index (χ3v) is 5.57. The normalized spacial score (nSPS) is 15.7. The maximum absolute atomic E-state index is 12.6. The SMILES string of the molecule is CC1CCN(C(=O)c2ccc(NC(=O)C(C)Oc3ccc(Cl)cc3Cl)cc2)CC1. The number of benzene rings is 2. The van der Waals surface area contributed by atoms with E-state index in [2.05, 4.69) is 12.2 Å². The first-order valence-corrected chi connectivity index (χ1v) is 10.4. The van der Waals surface area contributed by atoms with Gasteiger partial charge in [-0.3, -0.25) is 9.59 Å². The summed E-state index contributed by atoms with van der Waals surface area (Å²) < 4.78 is 5.62. The van der Waals surface area contributed by atoms with Gasteiger partial charge in [0.1, 0.15) is 5.75 Å². The Morgan fingerprint density at radius 3 is 2.38 bits per heavy atom. The highest BCUT2D eigenvalue weighted by Gasteiger charge is 2.21. The number of rotatable bonds is 5. The maximum atomic E-state index is 12.6. The number of carbonyl (C=O) groups excluding carboxylic acids is 2. The second kappa shape index (κ2) is 9.51. The Labute approximate surface area is 180 Å². The van der Waals surface area contributed by atoms with E-state index in [9.17, 15) is 9.59 Å². The predicted octanol–water partition coefficient (Wildman–Crippen LogP) is 5.27. The van der Waals surface area contributed by atoms with Crippen LogP contribution < -0.4 is 10.1 Å². The Kier molecular flexibility index (Phi) is 7.04. The summed E-state index contributed by atoms with van der Waals surface area (Å²) in [7, 11) is 0. The number of halogens is 2. The molecular formula is C22H24Cl2N2O3. The number of anilines is 1. The van der Waals surface area contributed by atoms with Gasteiger partial charge in [0, 0.05) is 29.4 Å². The van der Waals surface area contributed by atoms with Crippen molar-refractivity contribution in [2.45, 2.75) is 32.8 Å². The molecule has 1 aliphatic heterocycles. The second-order valence-corrected chi connectivity index (χ2v) is 8.22. The van der Waals surface area contributed by atoms with Crippen LogP contribution in [0.5, 0.6) is 5.75 Å². The summed E-state index contributed by atoms with van der Waals surface area (Å²) in [5.41, 5.74) is 1.21. The zero-order valence-electron chi connectivity index (χ0n) is 16.5. The van der Waals surface area contributed by atoms with E-state index in [1.807, 2.05) is 4.90 Å². The molecule has 2 aromatic rings. The highest BCUT2D eigenvalue weighted by Crippen LogP contribution is 2.28. The number of nitrogens with zero attached hydrogens (tertiary/aromatic N) is 1. The standard InChI is InChI=1S/C22H24Cl2N2O3/c1-14-9-11-26(12-10-14)22(28)16-3-6-18(7-4-16)25-21(27)15(2)29-20-8-5-17(23)13-19(20)24/h3-8,13-15H,9-12H2,1-2H3,(H,25,27). The molecule has 0 aromatic heterocycles. The third-order valence-electron chi connectivity index (χ3n) is 5.04. The number of ether oxygens (including phenoxy) is 1. The van der Waals surface area contributed by atoms with Gasteiger partial charge < -0.3 is 15.0 Å². The van der Waals surface area contributed by atoms with Crippen molar-refractivity contribution in [3.63, 3.8) is 0 Å². The van der Waals surface area contributed by atoms with E-state index in [-0.39, 0.29) is 11.8 Å². The number of likely N-dealkylation sites (tertiary alicyclic amines) is 1. The molecule has 1 aliphatic rings. The van der Waals surface area contributed by atoms with Gasteiger partial charge >= 0.3 is 0 Å². The molecule has 1 N–H and O–H groups in total. The van der Waals surface area contributed by atoms with E-state index in [0.29, 0.717) is 33.0 Å². The first-order chi connectivity index (χ1) is 13.8. The lowest BCUT2D eigenvalue weighted by Gasteiger charge is -2.30. The zero-order chi connectivity index (χ0) is 21.0. The van der Waals surface area contributed by atoms with Gasteiger partial charge in [0.05, 0.1) is 5.02 Å². The van der Waals surface area contributed by atoms with E-state index in [4.69, 9.17) is 27.9 Å². The van der Waals surface area contributed by atoms with Gasteiger partial charge in [0.2, 0.25) is 0 Å². The number of amides is 2. The van der Waals surface area contributed by atoms with E-state index < -0.39 is 6.10 Å². The lowest BCUT2D eigenvalue weighted by Crippen LogP contribution is -2.37. The minimum absolute atomic E-state index is 0.0314. The molecule has 1 unspecified atom stereocenters. The molecule has 1 saturated heterocycles. The molecule has 0 bridgehead atoms. The highest BCUT2D eigenvalue weighted by atomic mass is 35.5. The van der Waals surface area contributed by atoms with Crippen molar-refractivity contribution in [2.24, 2.45) is 5.92 Å². The monoisotopic (exact) mass is 434 g/mol. The average molecular weight is 435 g/mol. The predicted molar refractivity (Wildman–Crippen MR) is 116 cm³/mol. The molecule has 1 fully saturated rings. The maximum Gasteiger partial charge on any atom is 0.265 e. The fraction of sp³-hybridized carbons (Fsp3) is 0.364. The molecule has 29 heavy (non-hydrogen) atoms. The minimum Gasteiger partial charge on any atom is -0.479 e. The number of piperidine rings is 1. The summed E-state index contributed by atoms with van der Waals surface area (Å²) in [5.74, 6) is 0.767. The first-order valence-electron chi connectivity index (χ1n) is 9.65. The number of hydrogen-bond acceptors (Lipinski definition) is 3. The Morgan fingerprint density at radius 1 is 1.10 bits per heavy atom. The number of nitrogens with one attached hydrogen (secondary N) is 1. The summed E-state index contributed by atoms with van der Waals surface area (Å²) in [6.45, 7) is 5.43. The van der Waals surface area contributed by atoms with Crippen LogP contribution in [-0.4, -0.2) is 35.9 Å². The Balaban J connectivity index is 1.57. The molecule has 0 aliphatic carbocycles. The molecule has 3 rings (SSSR count). The fourth-order valence-corrected chi connectivity index (χ4v) is 3.60. The van der Waals surface area contributed by atoms with E-state index in [1.54, 1.807) is 49.4 Å². The highest BCUT2D eigenvalue weighted by molar-refractivity contribution is 6.35. The van der Waals surface area contributed by atoms with Crippen LogP contribution >= 0.6 is 23.2 Å². The van der Waals surface area contributed by atoms with Gasteiger partial charge in [-0.2, -0.15) is 0 Å². The summed E-state index contributed by atoms with van der Waals surface area (Å²) in [4.78, 5) is 26.9.